The van der Waals surface area contributed by atoms with E-state index in [1.54, 1.807) is 66.7 Å². The van der Waals surface area contributed by atoms with E-state index >= 15 is 0 Å². The number of fused-ring (bicyclic) bond motifs is 1. The lowest BCUT2D eigenvalue weighted by Gasteiger charge is -2.24. The minimum atomic E-state index is -0.781. The molecule has 30 heavy (non-hydrogen) atoms. The third kappa shape index (κ3) is 4.64. The summed E-state index contributed by atoms with van der Waals surface area (Å²) in [5.41, 5.74) is 3.64. The van der Waals surface area contributed by atoms with Crippen LogP contribution in [0.15, 0.2) is 84.0 Å². The van der Waals surface area contributed by atoms with Gasteiger partial charge in [-0.15, -0.1) is 0 Å². The lowest BCUT2D eigenvalue weighted by Crippen LogP contribution is -2.42. The summed E-state index contributed by atoms with van der Waals surface area (Å²) in [4.78, 5) is 24.3. The molecule has 0 saturated heterocycles. The maximum Gasteiger partial charge on any atom is 0.343 e. The highest BCUT2D eigenvalue weighted by molar-refractivity contribution is 5.91. The molecular weight excluding hydrogens is 384 g/mol. The Hall–Kier alpha value is -4.13. The van der Waals surface area contributed by atoms with Gasteiger partial charge in [-0.2, -0.15) is 5.10 Å². The zero-order valence-electron chi connectivity index (χ0n) is 15.9. The number of ether oxygens (including phenoxy) is 3. The van der Waals surface area contributed by atoms with E-state index in [-0.39, 0.29) is 6.61 Å². The Labute approximate surface area is 172 Å². The lowest BCUT2D eigenvalue weighted by molar-refractivity contribution is -0.130. The van der Waals surface area contributed by atoms with Crippen molar-refractivity contribution in [3.8, 4) is 17.2 Å². The molecule has 150 valence electrons. The molecule has 1 N–H and O–H groups in total. The van der Waals surface area contributed by atoms with Crippen LogP contribution in [0, 0.1) is 0 Å². The van der Waals surface area contributed by atoms with Crippen LogP contribution < -0.4 is 19.6 Å². The van der Waals surface area contributed by atoms with Crippen molar-refractivity contribution >= 4 is 18.1 Å². The number of rotatable bonds is 5. The molecule has 1 aliphatic rings. The van der Waals surface area contributed by atoms with Crippen LogP contribution in [0.4, 0.5) is 0 Å². The third-order valence-corrected chi connectivity index (χ3v) is 4.29. The van der Waals surface area contributed by atoms with Gasteiger partial charge in [0.2, 0.25) is 6.10 Å². The number of para-hydroxylation sites is 2. The second-order valence-electron chi connectivity index (χ2n) is 6.42. The van der Waals surface area contributed by atoms with Crippen LogP contribution in [0.1, 0.15) is 15.9 Å². The molecule has 0 spiro atoms. The third-order valence-electron chi connectivity index (χ3n) is 4.29. The number of hydrogen-bond acceptors (Lipinski definition) is 6. The first-order valence-electron chi connectivity index (χ1n) is 9.28. The first kappa shape index (κ1) is 19.2. The smallest absolute Gasteiger partial charge is 0.343 e. The number of amides is 1. The van der Waals surface area contributed by atoms with E-state index in [1.807, 2.05) is 12.1 Å². The van der Waals surface area contributed by atoms with Gasteiger partial charge < -0.3 is 14.2 Å². The van der Waals surface area contributed by atoms with Crippen molar-refractivity contribution in [2.24, 2.45) is 5.10 Å². The van der Waals surface area contributed by atoms with Gasteiger partial charge in [-0.05, 0) is 54.1 Å². The molecule has 0 bridgehead atoms. The van der Waals surface area contributed by atoms with Crippen molar-refractivity contribution in [3.05, 3.63) is 90.0 Å². The predicted octanol–water partition coefficient (Wildman–Crippen LogP) is 3.20. The maximum absolute atomic E-state index is 12.2. The fraction of sp³-hybridized carbons (Fsp3) is 0.0870. The number of esters is 1. The van der Waals surface area contributed by atoms with Gasteiger partial charge in [0.25, 0.3) is 5.91 Å². The summed E-state index contributed by atoms with van der Waals surface area (Å²) in [5.74, 6) is 0.706. The second kappa shape index (κ2) is 8.91. The quantitative estimate of drug-likeness (QED) is 0.307. The van der Waals surface area contributed by atoms with Crippen LogP contribution in [0.3, 0.4) is 0 Å². The fourth-order valence-corrected chi connectivity index (χ4v) is 2.75. The Morgan fingerprint density at radius 2 is 1.63 bits per heavy atom. The Morgan fingerprint density at radius 3 is 2.40 bits per heavy atom. The summed E-state index contributed by atoms with van der Waals surface area (Å²) in [6.07, 6.45) is 0.704. The second-order valence-corrected chi connectivity index (χ2v) is 6.42. The Morgan fingerprint density at radius 1 is 0.933 bits per heavy atom. The molecule has 0 aromatic heterocycles. The molecule has 1 atom stereocenters. The van der Waals surface area contributed by atoms with Gasteiger partial charge >= 0.3 is 5.97 Å². The molecule has 7 heteroatoms. The highest BCUT2D eigenvalue weighted by Gasteiger charge is 2.26. The van der Waals surface area contributed by atoms with E-state index in [2.05, 4.69) is 10.5 Å². The standard InChI is InChI=1S/C23H18N2O5/c26-22(21-15-28-19-8-4-5-9-20(19)30-21)25-24-14-16-10-12-18(13-11-16)29-23(27)17-6-2-1-3-7-17/h1-14,21H,15H2,(H,25,26)/b24-14-/t21-/m1/s1. The van der Waals surface area contributed by atoms with E-state index in [0.29, 0.717) is 22.8 Å². The molecule has 1 heterocycles. The molecule has 0 radical (unpaired) electrons. The van der Waals surface area contributed by atoms with E-state index in [9.17, 15) is 9.59 Å². The highest BCUT2D eigenvalue weighted by Crippen LogP contribution is 2.30. The van der Waals surface area contributed by atoms with E-state index < -0.39 is 18.0 Å². The number of carbonyl (C=O) groups excluding carboxylic acids is 2. The zero-order valence-corrected chi connectivity index (χ0v) is 15.9. The first-order chi connectivity index (χ1) is 14.7. The Kier molecular flexibility index (Phi) is 5.70. The van der Waals surface area contributed by atoms with E-state index in [0.717, 1.165) is 5.56 Å². The number of hydrazone groups is 1. The number of carbonyl (C=O) groups is 2. The minimum Gasteiger partial charge on any atom is -0.485 e. The molecule has 0 fully saturated rings. The van der Waals surface area contributed by atoms with Crippen LogP contribution in [0.5, 0.6) is 17.2 Å². The summed E-state index contributed by atoms with van der Waals surface area (Å²) >= 11 is 0. The van der Waals surface area contributed by atoms with Crippen molar-refractivity contribution < 1.29 is 23.8 Å². The van der Waals surface area contributed by atoms with Gasteiger partial charge in [-0.1, -0.05) is 30.3 Å². The number of nitrogens with zero attached hydrogens (tertiary/aromatic N) is 1. The van der Waals surface area contributed by atoms with Crippen molar-refractivity contribution in [2.45, 2.75) is 6.10 Å². The highest BCUT2D eigenvalue weighted by atomic mass is 16.6. The van der Waals surface area contributed by atoms with Crippen molar-refractivity contribution in [1.29, 1.82) is 0 Å². The SMILES string of the molecule is O=C(Oc1ccc(/C=N\NC(=O)[C@H]2COc3ccccc3O2)cc1)c1ccccc1. The van der Waals surface area contributed by atoms with Crippen LogP contribution in [-0.2, 0) is 4.79 Å². The maximum atomic E-state index is 12.2. The zero-order chi connectivity index (χ0) is 20.8. The van der Waals surface area contributed by atoms with Crippen molar-refractivity contribution in [3.63, 3.8) is 0 Å². The van der Waals surface area contributed by atoms with Crippen LogP contribution in [-0.4, -0.2) is 30.8 Å². The topological polar surface area (TPSA) is 86.2 Å². The van der Waals surface area contributed by atoms with Gasteiger partial charge in [0, 0.05) is 0 Å². The van der Waals surface area contributed by atoms with Crippen molar-refractivity contribution in [2.75, 3.05) is 6.61 Å². The summed E-state index contributed by atoms with van der Waals surface area (Å²) in [6, 6.07) is 22.7. The average Bonchev–Trinajstić information content (AvgIpc) is 2.80. The van der Waals surface area contributed by atoms with Crippen molar-refractivity contribution in [1.82, 2.24) is 5.43 Å². The first-order valence-corrected chi connectivity index (χ1v) is 9.28. The average molecular weight is 402 g/mol. The van der Waals surface area contributed by atoms with Gasteiger partial charge in [0.1, 0.15) is 12.4 Å². The summed E-state index contributed by atoms with van der Waals surface area (Å²) in [6.45, 7) is 0.111. The Balaban J connectivity index is 1.29. The molecule has 1 amide bonds. The molecule has 7 nitrogen and oxygen atoms in total. The lowest BCUT2D eigenvalue weighted by atomic mass is 10.2. The van der Waals surface area contributed by atoms with Gasteiger partial charge in [-0.25, -0.2) is 10.2 Å². The molecule has 0 unspecified atom stereocenters. The predicted molar refractivity (Wildman–Crippen MR) is 110 cm³/mol. The number of nitrogens with one attached hydrogen (secondary N) is 1. The summed E-state index contributed by atoms with van der Waals surface area (Å²) in [7, 11) is 0. The summed E-state index contributed by atoms with van der Waals surface area (Å²) < 4.78 is 16.5. The van der Waals surface area contributed by atoms with E-state index in [1.165, 1.54) is 6.21 Å². The van der Waals surface area contributed by atoms with Crippen LogP contribution in [0.25, 0.3) is 0 Å². The molecule has 4 rings (SSSR count). The largest absolute Gasteiger partial charge is 0.485 e. The minimum absolute atomic E-state index is 0.111. The molecule has 3 aromatic carbocycles. The number of benzene rings is 3. The van der Waals surface area contributed by atoms with Gasteiger partial charge in [-0.3, -0.25) is 4.79 Å². The molecular formula is C23H18N2O5. The summed E-state index contributed by atoms with van der Waals surface area (Å²) in [5, 5.41) is 3.94. The molecule has 1 aliphatic heterocycles. The van der Waals surface area contributed by atoms with E-state index in [4.69, 9.17) is 14.2 Å². The monoisotopic (exact) mass is 402 g/mol. The Bertz CT molecular complexity index is 1060. The van der Waals surface area contributed by atoms with Gasteiger partial charge in [0.05, 0.1) is 11.8 Å². The normalized spacial score (nSPS) is 14.9. The van der Waals surface area contributed by atoms with Gasteiger partial charge in [0.15, 0.2) is 11.5 Å². The van der Waals surface area contributed by atoms with Crippen LogP contribution in [0.2, 0.25) is 0 Å². The van der Waals surface area contributed by atoms with Crippen LogP contribution >= 0.6 is 0 Å². The molecule has 3 aromatic rings. The fourth-order valence-electron chi connectivity index (χ4n) is 2.75. The number of hydrogen-bond donors (Lipinski definition) is 1. The molecule has 0 saturated carbocycles. The molecule has 0 aliphatic carbocycles.